The van der Waals surface area contributed by atoms with Crippen molar-refractivity contribution in [2.45, 2.75) is 26.8 Å². The summed E-state index contributed by atoms with van der Waals surface area (Å²) in [5.74, 6) is 0.738. The molecule has 4 N–H and O–H groups in total. The fourth-order valence-electron chi connectivity index (χ4n) is 1.95. The first-order valence-corrected chi connectivity index (χ1v) is 6.52. The van der Waals surface area contributed by atoms with Gasteiger partial charge in [0.05, 0.1) is 18.1 Å². The van der Waals surface area contributed by atoms with Gasteiger partial charge in [-0.25, -0.2) is 0 Å². The van der Waals surface area contributed by atoms with E-state index in [1.807, 2.05) is 25.7 Å². The lowest BCUT2D eigenvalue weighted by atomic mass is 10.2. The number of aromatic amines is 1. The monoisotopic (exact) mass is 277 g/mol. The number of fused-ring (bicyclic) bond motifs is 1. The molecule has 0 fully saturated rings. The predicted molar refractivity (Wildman–Crippen MR) is 77.5 cm³/mol. The number of carbonyl (C=O) groups excluding carboxylic acids is 1. The Bertz CT molecular complexity index is 607. The fraction of sp³-hybridized carbons (Fsp3) is 0.500. The molecule has 0 unspecified atom stereocenters. The van der Waals surface area contributed by atoms with E-state index in [1.165, 1.54) is 0 Å². The molecule has 8 heteroatoms. The van der Waals surface area contributed by atoms with Gasteiger partial charge in [0, 0.05) is 12.6 Å². The van der Waals surface area contributed by atoms with Gasteiger partial charge < -0.3 is 16.0 Å². The van der Waals surface area contributed by atoms with Crippen molar-refractivity contribution in [1.82, 2.24) is 20.2 Å². The van der Waals surface area contributed by atoms with Gasteiger partial charge in [0.15, 0.2) is 5.65 Å². The molecule has 0 saturated carbocycles. The van der Waals surface area contributed by atoms with Gasteiger partial charge in [-0.15, -0.1) is 0 Å². The van der Waals surface area contributed by atoms with Gasteiger partial charge >= 0.3 is 0 Å². The molecule has 2 heterocycles. The van der Waals surface area contributed by atoms with E-state index < -0.39 is 5.91 Å². The van der Waals surface area contributed by atoms with E-state index in [4.69, 9.17) is 5.73 Å². The summed E-state index contributed by atoms with van der Waals surface area (Å²) in [7, 11) is 0. The molecule has 2 aromatic rings. The maximum Gasteiger partial charge on any atom is 0.237 e. The summed E-state index contributed by atoms with van der Waals surface area (Å²) in [6.45, 7) is 6.72. The minimum absolute atomic E-state index is 0.0741. The van der Waals surface area contributed by atoms with Crippen molar-refractivity contribution >= 4 is 28.7 Å². The molecule has 0 radical (unpaired) electrons. The number of amides is 1. The average molecular weight is 277 g/mol. The van der Waals surface area contributed by atoms with E-state index in [2.05, 4.69) is 25.5 Å². The molecule has 0 spiro atoms. The second-order valence-electron chi connectivity index (χ2n) is 4.72. The minimum Gasteiger partial charge on any atom is -0.368 e. The zero-order valence-corrected chi connectivity index (χ0v) is 11.8. The number of nitrogens with zero attached hydrogens (tertiary/aromatic N) is 4. The zero-order valence-electron chi connectivity index (χ0n) is 11.8. The van der Waals surface area contributed by atoms with Crippen LogP contribution in [0.4, 0.5) is 11.8 Å². The molecular formula is C12H19N7O. The first-order valence-electron chi connectivity index (χ1n) is 6.52. The van der Waals surface area contributed by atoms with Crippen LogP contribution in [0.1, 0.15) is 20.8 Å². The van der Waals surface area contributed by atoms with Crippen molar-refractivity contribution in [3.8, 4) is 0 Å². The molecule has 0 aliphatic heterocycles. The Morgan fingerprint density at radius 3 is 2.85 bits per heavy atom. The summed E-state index contributed by atoms with van der Waals surface area (Å²) in [6, 6.07) is 0.0741. The van der Waals surface area contributed by atoms with E-state index in [1.54, 1.807) is 6.20 Å². The van der Waals surface area contributed by atoms with Crippen molar-refractivity contribution in [2.75, 3.05) is 23.3 Å². The number of hydrogen-bond acceptors (Lipinski definition) is 6. The van der Waals surface area contributed by atoms with E-state index in [0.29, 0.717) is 24.0 Å². The first-order chi connectivity index (χ1) is 9.52. The Morgan fingerprint density at radius 1 is 1.50 bits per heavy atom. The van der Waals surface area contributed by atoms with Crippen LogP contribution in [0.25, 0.3) is 11.0 Å². The van der Waals surface area contributed by atoms with E-state index in [-0.39, 0.29) is 12.6 Å². The van der Waals surface area contributed by atoms with Gasteiger partial charge in [-0.3, -0.25) is 9.89 Å². The quantitative estimate of drug-likeness (QED) is 0.708. The molecule has 108 valence electrons. The smallest absolute Gasteiger partial charge is 0.237 e. The molecule has 8 nitrogen and oxygen atoms in total. The molecule has 0 atom stereocenters. The summed E-state index contributed by atoms with van der Waals surface area (Å²) < 4.78 is 0. The van der Waals surface area contributed by atoms with Crippen LogP contribution in [0, 0.1) is 0 Å². The van der Waals surface area contributed by atoms with Crippen LogP contribution >= 0.6 is 0 Å². The van der Waals surface area contributed by atoms with Crippen molar-refractivity contribution in [3.05, 3.63) is 6.20 Å². The van der Waals surface area contributed by atoms with Crippen molar-refractivity contribution in [2.24, 2.45) is 5.73 Å². The molecule has 0 saturated heterocycles. The Labute approximate surface area is 116 Å². The average Bonchev–Trinajstić information content (AvgIpc) is 2.83. The number of aromatic nitrogens is 4. The van der Waals surface area contributed by atoms with Crippen molar-refractivity contribution < 1.29 is 4.79 Å². The van der Waals surface area contributed by atoms with E-state index >= 15 is 0 Å². The molecule has 20 heavy (non-hydrogen) atoms. The van der Waals surface area contributed by atoms with Crippen LogP contribution in [0.3, 0.4) is 0 Å². The largest absolute Gasteiger partial charge is 0.368 e. The second kappa shape index (κ2) is 5.72. The lowest BCUT2D eigenvalue weighted by molar-refractivity contribution is -0.116. The molecule has 2 aromatic heterocycles. The molecule has 2 rings (SSSR count). The van der Waals surface area contributed by atoms with Crippen LogP contribution < -0.4 is 16.0 Å². The summed E-state index contributed by atoms with van der Waals surface area (Å²) in [4.78, 5) is 21.9. The second-order valence-corrected chi connectivity index (χ2v) is 4.72. The SMILES string of the molecule is CCNc1nc(N(CC(N)=O)C(C)C)c2cn[nH]c2n1. The highest BCUT2D eigenvalue weighted by molar-refractivity contribution is 5.90. The maximum atomic E-state index is 11.3. The summed E-state index contributed by atoms with van der Waals surface area (Å²) in [6.07, 6.45) is 1.65. The third kappa shape index (κ3) is 2.79. The van der Waals surface area contributed by atoms with Crippen molar-refractivity contribution in [3.63, 3.8) is 0 Å². The molecule has 1 amide bonds. The van der Waals surface area contributed by atoms with Crippen LogP contribution in [0.2, 0.25) is 0 Å². The van der Waals surface area contributed by atoms with Gasteiger partial charge in [0.1, 0.15) is 5.82 Å². The van der Waals surface area contributed by atoms with E-state index in [9.17, 15) is 4.79 Å². The van der Waals surface area contributed by atoms with Crippen LogP contribution in [-0.4, -0.2) is 45.2 Å². The third-order valence-corrected chi connectivity index (χ3v) is 2.85. The number of carbonyl (C=O) groups is 1. The highest BCUT2D eigenvalue weighted by atomic mass is 16.1. The van der Waals surface area contributed by atoms with Gasteiger partial charge in [0.25, 0.3) is 0 Å². The van der Waals surface area contributed by atoms with Gasteiger partial charge in [-0.2, -0.15) is 15.1 Å². The highest BCUT2D eigenvalue weighted by Gasteiger charge is 2.19. The molecule has 0 aliphatic carbocycles. The number of primary amides is 1. The minimum atomic E-state index is -0.404. The number of H-pyrrole nitrogens is 1. The summed E-state index contributed by atoms with van der Waals surface area (Å²) >= 11 is 0. The Balaban J connectivity index is 2.53. The van der Waals surface area contributed by atoms with Crippen LogP contribution in [0.5, 0.6) is 0 Å². The molecule has 0 aliphatic rings. The maximum absolute atomic E-state index is 11.3. The summed E-state index contributed by atoms with van der Waals surface area (Å²) in [5, 5.41) is 10.6. The van der Waals surface area contributed by atoms with Gasteiger partial charge in [-0.05, 0) is 20.8 Å². The number of rotatable bonds is 6. The summed E-state index contributed by atoms with van der Waals surface area (Å²) in [5.41, 5.74) is 5.95. The first kappa shape index (κ1) is 14.0. The third-order valence-electron chi connectivity index (χ3n) is 2.85. The Morgan fingerprint density at radius 2 is 2.25 bits per heavy atom. The highest BCUT2D eigenvalue weighted by Crippen LogP contribution is 2.25. The number of nitrogens with two attached hydrogens (primary N) is 1. The Hall–Kier alpha value is -2.38. The Kier molecular flexibility index (Phi) is 4.02. The lowest BCUT2D eigenvalue weighted by Crippen LogP contribution is -2.39. The lowest BCUT2D eigenvalue weighted by Gasteiger charge is -2.27. The number of anilines is 2. The van der Waals surface area contributed by atoms with Crippen molar-refractivity contribution in [1.29, 1.82) is 0 Å². The number of nitrogens with one attached hydrogen (secondary N) is 2. The molecular weight excluding hydrogens is 258 g/mol. The van der Waals surface area contributed by atoms with Gasteiger partial charge in [-0.1, -0.05) is 0 Å². The topological polar surface area (TPSA) is 113 Å². The zero-order chi connectivity index (χ0) is 14.7. The van der Waals surface area contributed by atoms with Gasteiger partial charge in [0.2, 0.25) is 11.9 Å². The fourth-order valence-corrected chi connectivity index (χ4v) is 1.95. The predicted octanol–water partition coefficient (Wildman–Crippen LogP) is 0.485. The van der Waals surface area contributed by atoms with E-state index in [0.717, 1.165) is 5.39 Å². The molecule has 0 bridgehead atoms. The molecule has 0 aromatic carbocycles. The van der Waals surface area contributed by atoms with Crippen LogP contribution in [-0.2, 0) is 4.79 Å². The normalized spacial score (nSPS) is 11.0. The van der Waals surface area contributed by atoms with Crippen LogP contribution in [0.15, 0.2) is 6.20 Å². The number of hydrogen-bond donors (Lipinski definition) is 3. The standard InChI is InChI=1S/C12H19N7O/c1-4-14-12-16-10-8(5-15-18-10)11(17-12)19(7(2)3)6-9(13)20/h5,7H,4,6H2,1-3H3,(H2,13,20)(H2,14,15,16,17,18).